The fraction of sp³-hybridized carbons (Fsp3) is 0.0588. The summed E-state index contributed by atoms with van der Waals surface area (Å²) in [6.45, 7) is 0. The van der Waals surface area contributed by atoms with E-state index in [4.69, 9.17) is 16.8 Å². The highest BCUT2D eigenvalue weighted by Crippen LogP contribution is 2.36. The summed E-state index contributed by atoms with van der Waals surface area (Å²) in [5, 5.41) is 12.7. The second-order valence-corrected chi connectivity index (χ2v) is 5.61. The molecule has 0 saturated heterocycles. The number of carbonyl (C=O) groups excluding carboxylic acids is 2. The van der Waals surface area contributed by atoms with E-state index in [1.807, 2.05) is 0 Å². The van der Waals surface area contributed by atoms with Gasteiger partial charge >= 0.3 is 12.2 Å². The van der Waals surface area contributed by atoms with Gasteiger partial charge in [-0.1, -0.05) is 23.7 Å². The average Bonchev–Trinajstić information content (AvgIpc) is 2.61. The molecule has 10 heteroatoms. The Bertz CT molecular complexity index is 868. The first-order chi connectivity index (χ1) is 12.7. The van der Waals surface area contributed by atoms with Gasteiger partial charge in [-0.15, -0.1) is 0 Å². The van der Waals surface area contributed by atoms with Gasteiger partial charge in [-0.2, -0.15) is 13.2 Å². The van der Waals surface area contributed by atoms with E-state index in [1.54, 1.807) is 12.1 Å². The van der Waals surface area contributed by atoms with Crippen molar-refractivity contribution in [2.75, 3.05) is 10.6 Å². The van der Waals surface area contributed by atoms with Crippen LogP contribution in [0.1, 0.15) is 11.1 Å². The second-order valence-electron chi connectivity index (χ2n) is 5.20. The smallest absolute Gasteiger partial charge is 0.308 e. The first kappa shape index (κ1) is 20.3. The largest absolute Gasteiger partial charge is 0.417 e. The molecule has 2 rings (SSSR count). The summed E-state index contributed by atoms with van der Waals surface area (Å²) in [5.74, 6) is -0.697. The highest BCUT2D eigenvalue weighted by atomic mass is 35.5. The lowest BCUT2D eigenvalue weighted by Gasteiger charge is -2.12. The summed E-state index contributed by atoms with van der Waals surface area (Å²) in [7, 11) is 0. The Morgan fingerprint density at radius 1 is 1.00 bits per heavy atom. The minimum absolute atomic E-state index is 0.0706. The maximum absolute atomic E-state index is 12.8. The molecule has 27 heavy (non-hydrogen) atoms. The number of halogens is 4. The zero-order chi connectivity index (χ0) is 20.0. The molecule has 2 aromatic rings. The molecule has 0 aliphatic carbocycles. The molecule has 2 aromatic carbocycles. The Balaban J connectivity index is 2.02. The number of alkyl halides is 3. The van der Waals surface area contributed by atoms with Crippen molar-refractivity contribution in [3.8, 4) is 0 Å². The lowest BCUT2D eigenvalue weighted by molar-refractivity contribution is -0.137. The summed E-state index contributed by atoms with van der Waals surface area (Å²) in [6, 6.07) is 8.51. The Hall–Kier alpha value is -3.04. The summed E-state index contributed by atoms with van der Waals surface area (Å²) in [4.78, 5) is 22.8. The quantitative estimate of drug-likeness (QED) is 0.346. The van der Waals surface area contributed by atoms with E-state index < -0.39 is 28.7 Å². The number of rotatable bonds is 4. The van der Waals surface area contributed by atoms with Crippen LogP contribution in [0.5, 0.6) is 0 Å². The molecule has 0 aliphatic rings. The molecule has 0 spiro atoms. The predicted octanol–water partition coefficient (Wildman–Crippen LogP) is 4.52. The molecule has 3 amide bonds. The van der Waals surface area contributed by atoms with Gasteiger partial charge in [-0.3, -0.25) is 10.0 Å². The minimum atomic E-state index is -4.64. The van der Waals surface area contributed by atoms with Crippen LogP contribution in [0.2, 0.25) is 5.02 Å². The average molecular weight is 400 g/mol. The number of carbonyl (C=O) groups is 2. The maximum atomic E-state index is 12.8. The van der Waals surface area contributed by atoms with Crippen molar-refractivity contribution < 1.29 is 28.0 Å². The molecule has 0 atom stereocenters. The third-order valence-electron chi connectivity index (χ3n) is 3.24. The van der Waals surface area contributed by atoms with E-state index in [0.29, 0.717) is 11.3 Å². The third-order valence-corrected chi connectivity index (χ3v) is 3.57. The van der Waals surface area contributed by atoms with Crippen molar-refractivity contribution in [3.63, 3.8) is 0 Å². The van der Waals surface area contributed by atoms with E-state index >= 15 is 0 Å². The molecule has 0 bridgehead atoms. The van der Waals surface area contributed by atoms with Gasteiger partial charge in [0.2, 0.25) is 0 Å². The Kier molecular flexibility index (Phi) is 6.43. The number of benzene rings is 2. The van der Waals surface area contributed by atoms with Gasteiger partial charge in [-0.05, 0) is 42.0 Å². The molecular formula is C17H13ClF3N3O3. The summed E-state index contributed by atoms with van der Waals surface area (Å²) in [6.07, 6.45) is -2.10. The van der Waals surface area contributed by atoms with E-state index in [2.05, 4.69) is 10.6 Å². The van der Waals surface area contributed by atoms with Crippen molar-refractivity contribution in [1.29, 1.82) is 0 Å². The zero-order valence-electron chi connectivity index (χ0n) is 13.5. The molecule has 142 valence electrons. The number of hydroxylamine groups is 1. The number of anilines is 2. The number of amides is 3. The monoisotopic (exact) mass is 399 g/mol. The highest BCUT2D eigenvalue weighted by Gasteiger charge is 2.33. The molecule has 0 radical (unpaired) electrons. The van der Waals surface area contributed by atoms with Crippen LogP contribution in [0.25, 0.3) is 6.08 Å². The molecule has 4 N–H and O–H groups in total. The lowest BCUT2D eigenvalue weighted by Crippen LogP contribution is -2.19. The van der Waals surface area contributed by atoms with Gasteiger partial charge in [0.15, 0.2) is 0 Å². The van der Waals surface area contributed by atoms with Crippen molar-refractivity contribution in [2.24, 2.45) is 0 Å². The molecule has 6 nitrogen and oxygen atoms in total. The van der Waals surface area contributed by atoms with Gasteiger partial charge in [0, 0.05) is 17.5 Å². The molecule has 0 aromatic heterocycles. The first-order valence-corrected chi connectivity index (χ1v) is 7.74. The van der Waals surface area contributed by atoms with E-state index in [-0.39, 0.29) is 5.69 Å². The molecule has 0 aliphatic heterocycles. The molecule has 0 heterocycles. The Morgan fingerprint density at radius 3 is 2.19 bits per heavy atom. The van der Waals surface area contributed by atoms with Crippen molar-refractivity contribution in [2.45, 2.75) is 6.18 Å². The van der Waals surface area contributed by atoms with Crippen LogP contribution in [0, 0.1) is 0 Å². The topological polar surface area (TPSA) is 90.5 Å². The lowest BCUT2D eigenvalue weighted by atomic mass is 10.2. The Labute approximate surface area is 156 Å². The minimum Gasteiger partial charge on any atom is -0.308 e. The van der Waals surface area contributed by atoms with Crippen molar-refractivity contribution in [3.05, 3.63) is 64.7 Å². The first-order valence-electron chi connectivity index (χ1n) is 7.36. The zero-order valence-corrected chi connectivity index (χ0v) is 14.2. The third kappa shape index (κ3) is 6.01. The van der Waals surface area contributed by atoms with E-state index in [0.717, 1.165) is 18.2 Å². The van der Waals surface area contributed by atoms with Crippen LogP contribution in [0.3, 0.4) is 0 Å². The van der Waals surface area contributed by atoms with Crippen LogP contribution in [0.4, 0.5) is 29.3 Å². The van der Waals surface area contributed by atoms with E-state index in [9.17, 15) is 22.8 Å². The molecule has 0 unspecified atom stereocenters. The number of hydrogen-bond acceptors (Lipinski definition) is 3. The number of urea groups is 1. The van der Waals surface area contributed by atoms with Crippen LogP contribution >= 0.6 is 11.6 Å². The van der Waals surface area contributed by atoms with Crippen LogP contribution in [-0.4, -0.2) is 17.1 Å². The number of nitrogens with one attached hydrogen (secondary N) is 3. The van der Waals surface area contributed by atoms with Gasteiger partial charge in [-0.25, -0.2) is 10.3 Å². The van der Waals surface area contributed by atoms with E-state index in [1.165, 1.54) is 29.8 Å². The van der Waals surface area contributed by atoms with Crippen molar-refractivity contribution >= 4 is 41.0 Å². The van der Waals surface area contributed by atoms with Gasteiger partial charge in [0.1, 0.15) is 0 Å². The summed E-state index contributed by atoms with van der Waals surface area (Å²) >= 11 is 5.52. The van der Waals surface area contributed by atoms with Gasteiger partial charge in [0.05, 0.1) is 10.6 Å². The van der Waals surface area contributed by atoms with Gasteiger partial charge < -0.3 is 10.6 Å². The summed E-state index contributed by atoms with van der Waals surface area (Å²) < 4.78 is 38.5. The highest BCUT2D eigenvalue weighted by molar-refractivity contribution is 6.31. The van der Waals surface area contributed by atoms with Crippen molar-refractivity contribution in [1.82, 2.24) is 5.48 Å². The standard InChI is InChI=1S/C17H13ClF3N3O3/c18-14-7-6-12(9-13(14)17(19,20)21)23-16(26)22-11-4-1-10(2-5-11)3-8-15(25)24-27/h1-9,27H,(H,24,25)(H2,22,23,26)/b8-3+. The number of hydrogen-bond donors (Lipinski definition) is 4. The molecule has 0 saturated carbocycles. The second kappa shape index (κ2) is 8.56. The van der Waals surface area contributed by atoms with Crippen LogP contribution < -0.4 is 16.1 Å². The Morgan fingerprint density at radius 2 is 1.59 bits per heavy atom. The normalized spacial score (nSPS) is 11.3. The molecular weight excluding hydrogens is 387 g/mol. The van der Waals surface area contributed by atoms with Gasteiger partial charge in [0.25, 0.3) is 5.91 Å². The predicted molar refractivity (Wildman–Crippen MR) is 94.5 cm³/mol. The SMILES string of the molecule is O=C(/C=C/c1ccc(NC(=O)Nc2ccc(Cl)c(C(F)(F)F)c2)cc1)NO. The fourth-order valence-corrected chi connectivity index (χ4v) is 2.23. The summed E-state index contributed by atoms with van der Waals surface area (Å²) in [5.41, 5.74) is 1.32. The van der Waals surface area contributed by atoms with Crippen LogP contribution in [-0.2, 0) is 11.0 Å². The van der Waals surface area contributed by atoms with Crippen LogP contribution in [0.15, 0.2) is 48.5 Å². The molecule has 0 fully saturated rings. The fourth-order valence-electron chi connectivity index (χ4n) is 2.00. The maximum Gasteiger partial charge on any atom is 0.417 e.